The van der Waals surface area contributed by atoms with Crippen LogP contribution >= 0.6 is 12.4 Å². The fourth-order valence-corrected chi connectivity index (χ4v) is 2.42. The van der Waals surface area contributed by atoms with E-state index in [1.54, 1.807) is 7.05 Å². The third-order valence-electron chi connectivity index (χ3n) is 3.42. The third kappa shape index (κ3) is 4.72. The molecule has 2 N–H and O–H groups in total. The van der Waals surface area contributed by atoms with Gasteiger partial charge in [0.25, 0.3) is 0 Å². The molecule has 0 aliphatic carbocycles. The lowest BCUT2D eigenvalue weighted by atomic mass is 10.2. The number of benzene rings is 1. The van der Waals surface area contributed by atoms with Gasteiger partial charge in [-0.2, -0.15) is 0 Å². The number of hydrogen-bond acceptors (Lipinski definition) is 3. The molecule has 0 spiro atoms. The predicted octanol–water partition coefficient (Wildman–Crippen LogP) is 1.11. The Morgan fingerprint density at radius 2 is 2.05 bits per heavy atom. The molecule has 1 aromatic carbocycles. The van der Waals surface area contributed by atoms with Crippen molar-refractivity contribution in [3.05, 3.63) is 29.8 Å². The van der Waals surface area contributed by atoms with Crippen LogP contribution in [0.1, 0.15) is 18.4 Å². The van der Waals surface area contributed by atoms with Crippen LogP contribution in [0.3, 0.4) is 0 Å². The van der Waals surface area contributed by atoms with E-state index in [9.17, 15) is 9.59 Å². The summed E-state index contributed by atoms with van der Waals surface area (Å²) in [6.45, 7) is 1.62. The minimum absolute atomic E-state index is 0. The average molecular weight is 312 g/mol. The normalized spacial score (nSPS) is 12.5. The van der Waals surface area contributed by atoms with Crippen LogP contribution in [-0.2, 0) is 16.0 Å². The van der Waals surface area contributed by atoms with Gasteiger partial charge in [0.05, 0.1) is 6.54 Å². The summed E-state index contributed by atoms with van der Waals surface area (Å²) < 4.78 is 0. The number of fused-ring (bicyclic) bond motifs is 1. The van der Waals surface area contributed by atoms with E-state index in [1.165, 1.54) is 5.56 Å². The van der Waals surface area contributed by atoms with E-state index in [0.717, 1.165) is 18.7 Å². The van der Waals surface area contributed by atoms with E-state index >= 15 is 0 Å². The summed E-state index contributed by atoms with van der Waals surface area (Å²) in [6.07, 6.45) is 2.07. The summed E-state index contributed by atoms with van der Waals surface area (Å²) in [5.74, 6) is 0.101. The molecule has 1 aliphatic rings. The van der Waals surface area contributed by atoms with E-state index in [1.807, 2.05) is 23.1 Å². The molecule has 0 saturated carbocycles. The van der Waals surface area contributed by atoms with Crippen molar-refractivity contribution in [1.29, 1.82) is 0 Å². The molecule has 0 fully saturated rings. The Bertz CT molecular complexity index is 494. The Morgan fingerprint density at radius 3 is 2.81 bits per heavy atom. The first-order valence-electron chi connectivity index (χ1n) is 7.02. The smallest absolute Gasteiger partial charge is 0.233 e. The number of anilines is 1. The van der Waals surface area contributed by atoms with Crippen molar-refractivity contribution in [1.82, 2.24) is 10.6 Å². The molecule has 5 nitrogen and oxygen atoms in total. The number of carbonyl (C=O) groups excluding carboxylic acids is 2. The first kappa shape index (κ1) is 17.5. The van der Waals surface area contributed by atoms with Crippen LogP contribution in [-0.4, -0.2) is 38.5 Å². The van der Waals surface area contributed by atoms with Gasteiger partial charge in [0.2, 0.25) is 11.8 Å². The van der Waals surface area contributed by atoms with Crippen LogP contribution in [0.5, 0.6) is 0 Å². The molecule has 0 unspecified atom stereocenters. The highest BCUT2D eigenvalue weighted by Gasteiger charge is 2.23. The van der Waals surface area contributed by atoms with Crippen LogP contribution in [0.15, 0.2) is 24.3 Å². The lowest BCUT2D eigenvalue weighted by Crippen LogP contribution is -2.34. The summed E-state index contributed by atoms with van der Waals surface area (Å²) in [4.78, 5) is 25.3. The van der Waals surface area contributed by atoms with Crippen molar-refractivity contribution in [3.63, 3.8) is 0 Å². The van der Waals surface area contributed by atoms with Gasteiger partial charge in [-0.15, -0.1) is 12.4 Å². The van der Waals surface area contributed by atoms with Crippen molar-refractivity contribution in [2.45, 2.75) is 19.3 Å². The van der Waals surface area contributed by atoms with Gasteiger partial charge in [0.1, 0.15) is 0 Å². The van der Waals surface area contributed by atoms with E-state index in [-0.39, 0.29) is 24.2 Å². The molecule has 0 radical (unpaired) electrons. The highest BCUT2D eigenvalue weighted by Crippen LogP contribution is 2.27. The van der Waals surface area contributed by atoms with E-state index < -0.39 is 0 Å². The molecule has 2 amide bonds. The van der Waals surface area contributed by atoms with Crippen molar-refractivity contribution >= 4 is 29.9 Å². The lowest BCUT2D eigenvalue weighted by molar-refractivity contribution is -0.121. The van der Waals surface area contributed by atoms with Gasteiger partial charge < -0.3 is 15.5 Å². The van der Waals surface area contributed by atoms with Crippen LogP contribution in [0, 0.1) is 0 Å². The number of likely N-dealkylation sites (N-methyl/N-ethyl adjacent to an activating group) is 1. The van der Waals surface area contributed by atoms with Crippen molar-refractivity contribution in [3.8, 4) is 0 Å². The topological polar surface area (TPSA) is 61.4 Å². The molecule has 0 atom stereocenters. The maximum absolute atomic E-state index is 12.2. The molecular weight excluding hydrogens is 290 g/mol. The number of nitrogens with zero attached hydrogens (tertiary/aromatic N) is 1. The van der Waals surface area contributed by atoms with Gasteiger partial charge in [-0.1, -0.05) is 18.2 Å². The van der Waals surface area contributed by atoms with Crippen molar-refractivity contribution in [2.24, 2.45) is 0 Å². The molecule has 1 aromatic rings. The maximum atomic E-state index is 12.2. The molecule has 2 rings (SSSR count). The Hall–Kier alpha value is -1.59. The minimum atomic E-state index is -0.0357. The zero-order chi connectivity index (χ0) is 14.4. The monoisotopic (exact) mass is 311 g/mol. The molecule has 21 heavy (non-hydrogen) atoms. The van der Waals surface area contributed by atoms with Crippen LogP contribution in [0.2, 0.25) is 0 Å². The number of amides is 2. The second kappa shape index (κ2) is 8.64. The number of para-hydroxylation sites is 1. The summed E-state index contributed by atoms with van der Waals surface area (Å²) in [6, 6.07) is 8.03. The van der Waals surface area contributed by atoms with Gasteiger partial charge in [-0.05, 0) is 31.5 Å². The first-order valence-corrected chi connectivity index (χ1v) is 7.02. The maximum Gasteiger partial charge on any atom is 0.233 e. The molecule has 1 aliphatic heterocycles. The highest BCUT2D eigenvalue weighted by molar-refractivity contribution is 5.95. The Morgan fingerprint density at radius 1 is 1.29 bits per heavy atom. The summed E-state index contributed by atoms with van der Waals surface area (Å²) in [7, 11) is 1.73. The van der Waals surface area contributed by atoms with Crippen LogP contribution in [0.25, 0.3) is 0 Å². The Labute approximate surface area is 131 Å². The fourth-order valence-electron chi connectivity index (χ4n) is 2.42. The molecule has 0 bridgehead atoms. The second-order valence-electron chi connectivity index (χ2n) is 4.91. The number of halogens is 1. The number of hydrogen-bond donors (Lipinski definition) is 2. The first-order chi connectivity index (χ1) is 9.72. The Balaban J connectivity index is 0.00000220. The van der Waals surface area contributed by atoms with Gasteiger partial charge in [-0.3, -0.25) is 9.59 Å². The quantitative estimate of drug-likeness (QED) is 0.774. The van der Waals surface area contributed by atoms with Crippen molar-refractivity contribution in [2.75, 3.05) is 31.6 Å². The highest BCUT2D eigenvalue weighted by atomic mass is 35.5. The predicted molar refractivity (Wildman–Crippen MR) is 85.9 cm³/mol. The number of rotatable bonds is 6. The van der Waals surface area contributed by atoms with Gasteiger partial charge in [0.15, 0.2) is 0 Å². The van der Waals surface area contributed by atoms with E-state index in [0.29, 0.717) is 25.9 Å². The molecule has 6 heteroatoms. The second-order valence-corrected chi connectivity index (χ2v) is 4.91. The lowest BCUT2D eigenvalue weighted by Gasteiger charge is -2.17. The van der Waals surface area contributed by atoms with Gasteiger partial charge in [-0.25, -0.2) is 0 Å². The minimum Gasteiger partial charge on any atom is -0.355 e. The zero-order valence-electron chi connectivity index (χ0n) is 12.2. The molecule has 1 heterocycles. The van der Waals surface area contributed by atoms with E-state index in [2.05, 4.69) is 16.7 Å². The van der Waals surface area contributed by atoms with E-state index in [4.69, 9.17) is 0 Å². The molecule has 0 aromatic heterocycles. The van der Waals surface area contributed by atoms with Gasteiger partial charge in [0, 0.05) is 25.2 Å². The largest absolute Gasteiger partial charge is 0.355 e. The third-order valence-corrected chi connectivity index (χ3v) is 3.42. The molecular formula is C15H22ClN3O2. The summed E-state index contributed by atoms with van der Waals surface area (Å²) in [5.41, 5.74) is 2.28. The summed E-state index contributed by atoms with van der Waals surface area (Å²) in [5, 5.41) is 5.56. The molecule has 0 saturated heterocycles. The number of nitrogens with one attached hydrogen (secondary N) is 2. The summed E-state index contributed by atoms with van der Waals surface area (Å²) >= 11 is 0. The Kier molecular flexibility index (Phi) is 7.19. The average Bonchev–Trinajstić information content (AvgIpc) is 2.87. The number of carbonyl (C=O) groups is 2. The van der Waals surface area contributed by atoms with Crippen LogP contribution < -0.4 is 15.5 Å². The van der Waals surface area contributed by atoms with Crippen molar-refractivity contribution < 1.29 is 9.59 Å². The molecule has 116 valence electrons. The van der Waals surface area contributed by atoms with Crippen LogP contribution in [0.4, 0.5) is 5.69 Å². The SMILES string of the molecule is CNCC(=O)NCCCC(=O)N1CCc2ccccc21.Cl. The van der Waals surface area contributed by atoms with Gasteiger partial charge >= 0.3 is 0 Å². The standard InChI is InChI=1S/C15H21N3O2.ClH/c1-16-11-14(19)17-9-4-7-15(20)18-10-8-12-5-2-3-6-13(12)18;/h2-3,5-6,16H,4,7-11H2,1H3,(H,17,19);1H. The fraction of sp³-hybridized carbons (Fsp3) is 0.467. The zero-order valence-corrected chi connectivity index (χ0v) is 13.0.